The molecule has 1 aromatic heterocycles. The van der Waals surface area contributed by atoms with Gasteiger partial charge in [0.25, 0.3) is 0 Å². The Morgan fingerprint density at radius 2 is 2.25 bits per heavy atom. The molecule has 0 amide bonds. The van der Waals surface area contributed by atoms with Crippen molar-refractivity contribution in [1.29, 1.82) is 0 Å². The van der Waals surface area contributed by atoms with Gasteiger partial charge in [0.2, 0.25) is 5.82 Å². The van der Waals surface area contributed by atoms with Gasteiger partial charge in [-0.15, -0.1) is 0 Å². The lowest BCUT2D eigenvalue weighted by Gasteiger charge is -2.49. The molecule has 1 aliphatic rings. The van der Waals surface area contributed by atoms with Crippen LogP contribution in [-0.4, -0.2) is 32.0 Å². The molecule has 1 saturated carbocycles. The first-order chi connectivity index (χ1) is 9.28. The third-order valence-corrected chi connectivity index (χ3v) is 4.29. The number of nitrogens with one attached hydrogen (secondary N) is 1. The summed E-state index contributed by atoms with van der Waals surface area (Å²) in [6.07, 6.45) is 1.62. The molecule has 2 rings (SSSR count). The van der Waals surface area contributed by atoms with Gasteiger partial charge >= 0.3 is 5.69 Å². The molecule has 0 saturated heterocycles. The Morgan fingerprint density at radius 3 is 2.70 bits per heavy atom. The van der Waals surface area contributed by atoms with Gasteiger partial charge in [0, 0.05) is 18.5 Å². The Labute approximate surface area is 118 Å². The van der Waals surface area contributed by atoms with Gasteiger partial charge in [0.05, 0.1) is 11.0 Å². The summed E-state index contributed by atoms with van der Waals surface area (Å²) in [7, 11) is 1.70. The second-order valence-corrected chi connectivity index (χ2v) is 6.04. The van der Waals surface area contributed by atoms with Crippen molar-refractivity contribution in [2.24, 2.45) is 12.5 Å². The molecule has 1 aliphatic carbocycles. The standard InChI is InChI=1S/C13H22N4O3/c1-5-6-8-11(17(19)20)12(16(4)15-8)14-9-7-10(18)13(9,2)3/h9-10,14,18H,5-7H2,1-4H3. The zero-order valence-electron chi connectivity index (χ0n) is 12.4. The average molecular weight is 282 g/mol. The van der Waals surface area contributed by atoms with Gasteiger partial charge in [-0.2, -0.15) is 5.10 Å². The fourth-order valence-electron chi connectivity index (χ4n) is 2.64. The lowest BCUT2D eigenvalue weighted by molar-refractivity contribution is -0.384. The van der Waals surface area contributed by atoms with Gasteiger partial charge in [-0.25, -0.2) is 4.68 Å². The quantitative estimate of drug-likeness (QED) is 0.635. The van der Waals surface area contributed by atoms with Crippen LogP contribution in [0, 0.1) is 15.5 Å². The fraction of sp³-hybridized carbons (Fsp3) is 0.769. The van der Waals surface area contributed by atoms with Gasteiger partial charge in [-0.3, -0.25) is 10.1 Å². The van der Waals surface area contributed by atoms with Crippen LogP contribution in [0.15, 0.2) is 0 Å². The molecule has 0 aromatic carbocycles. The number of hydrogen-bond donors (Lipinski definition) is 2. The van der Waals surface area contributed by atoms with E-state index in [0.717, 1.165) is 6.42 Å². The molecule has 7 nitrogen and oxygen atoms in total. The highest BCUT2D eigenvalue weighted by Crippen LogP contribution is 2.43. The third kappa shape index (κ3) is 2.26. The van der Waals surface area contributed by atoms with Gasteiger partial charge < -0.3 is 10.4 Å². The second kappa shape index (κ2) is 5.05. The van der Waals surface area contributed by atoms with Crippen LogP contribution in [0.2, 0.25) is 0 Å². The zero-order chi connectivity index (χ0) is 15.1. The van der Waals surface area contributed by atoms with E-state index in [4.69, 9.17) is 0 Å². The van der Waals surface area contributed by atoms with E-state index in [1.165, 1.54) is 4.68 Å². The number of hydrogen-bond acceptors (Lipinski definition) is 5. The average Bonchev–Trinajstić information content (AvgIpc) is 2.66. The molecule has 112 valence electrons. The Kier molecular flexibility index (Phi) is 3.73. The molecule has 1 heterocycles. The van der Waals surface area contributed by atoms with Crippen molar-refractivity contribution >= 4 is 11.5 Å². The number of aliphatic hydroxyl groups is 1. The van der Waals surface area contributed by atoms with E-state index >= 15 is 0 Å². The summed E-state index contributed by atoms with van der Waals surface area (Å²) in [6.45, 7) is 5.87. The topological polar surface area (TPSA) is 93.2 Å². The summed E-state index contributed by atoms with van der Waals surface area (Å²) in [4.78, 5) is 10.9. The predicted molar refractivity (Wildman–Crippen MR) is 75.7 cm³/mol. The van der Waals surface area contributed by atoms with Gasteiger partial charge in [-0.1, -0.05) is 27.2 Å². The second-order valence-electron chi connectivity index (χ2n) is 6.04. The molecule has 20 heavy (non-hydrogen) atoms. The number of nitro groups is 1. The van der Waals surface area contributed by atoms with E-state index in [-0.39, 0.29) is 28.2 Å². The van der Waals surface area contributed by atoms with Crippen LogP contribution in [0.25, 0.3) is 0 Å². The lowest BCUT2D eigenvalue weighted by Crippen LogP contribution is -2.57. The molecule has 2 N–H and O–H groups in total. The predicted octanol–water partition coefficient (Wildman–Crippen LogP) is 1.85. The fourth-order valence-corrected chi connectivity index (χ4v) is 2.64. The van der Waals surface area contributed by atoms with Crippen molar-refractivity contribution in [3.63, 3.8) is 0 Å². The van der Waals surface area contributed by atoms with Crippen molar-refractivity contribution < 1.29 is 10.0 Å². The lowest BCUT2D eigenvalue weighted by atomic mass is 9.64. The summed E-state index contributed by atoms with van der Waals surface area (Å²) < 4.78 is 1.53. The highest BCUT2D eigenvalue weighted by molar-refractivity contribution is 5.60. The van der Waals surface area contributed by atoms with E-state index < -0.39 is 0 Å². The molecule has 2 unspecified atom stereocenters. The number of aryl methyl sites for hydroxylation is 2. The summed E-state index contributed by atoms with van der Waals surface area (Å²) in [5.74, 6) is 0.434. The minimum absolute atomic E-state index is 0.0149. The first-order valence-electron chi connectivity index (χ1n) is 6.93. The maximum Gasteiger partial charge on any atom is 0.333 e. The molecule has 1 aromatic rings. The summed E-state index contributed by atoms with van der Waals surface area (Å²) in [5.41, 5.74) is 0.287. The maximum absolute atomic E-state index is 11.3. The Bertz CT molecular complexity index is 524. The number of rotatable bonds is 5. The normalized spacial score (nSPS) is 24.2. The highest BCUT2D eigenvalue weighted by Gasteiger charge is 2.48. The molecule has 0 aliphatic heterocycles. The van der Waals surface area contributed by atoms with Crippen LogP contribution in [-0.2, 0) is 13.5 Å². The smallest absolute Gasteiger partial charge is 0.333 e. The molecular weight excluding hydrogens is 260 g/mol. The van der Waals surface area contributed by atoms with Crippen LogP contribution < -0.4 is 5.32 Å². The molecular formula is C13H22N4O3. The van der Waals surface area contributed by atoms with E-state index in [2.05, 4.69) is 10.4 Å². The first-order valence-corrected chi connectivity index (χ1v) is 6.93. The van der Waals surface area contributed by atoms with Crippen LogP contribution in [0.3, 0.4) is 0 Å². The minimum Gasteiger partial charge on any atom is -0.392 e. The van der Waals surface area contributed by atoms with Crippen LogP contribution in [0.1, 0.15) is 39.3 Å². The Balaban J connectivity index is 2.30. The van der Waals surface area contributed by atoms with Crippen molar-refractivity contribution in [3.05, 3.63) is 15.8 Å². The SMILES string of the molecule is CCCc1nn(C)c(NC2CC(O)C2(C)C)c1[N+](=O)[O-]. The van der Waals surface area contributed by atoms with Crippen molar-refractivity contribution in [3.8, 4) is 0 Å². The minimum atomic E-state index is -0.373. The Morgan fingerprint density at radius 1 is 1.60 bits per heavy atom. The van der Waals surface area contributed by atoms with E-state index in [1.807, 2.05) is 20.8 Å². The van der Waals surface area contributed by atoms with Crippen molar-refractivity contribution in [2.75, 3.05) is 5.32 Å². The van der Waals surface area contributed by atoms with E-state index in [0.29, 0.717) is 24.4 Å². The largest absolute Gasteiger partial charge is 0.392 e. The summed E-state index contributed by atoms with van der Waals surface area (Å²) in [5, 5.41) is 28.5. The Hall–Kier alpha value is -1.63. The molecule has 1 fully saturated rings. The molecule has 0 bridgehead atoms. The molecule has 0 spiro atoms. The number of nitrogens with zero attached hydrogens (tertiary/aromatic N) is 3. The third-order valence-electron chi connectivity index (χ3n) is 4.29. The van der Waals surface area contributed by atoms with Gasteiger partial charge in [0.1, 0.15) is 5.69 Å². The number of anilines is 1. The van der Waals surface area contributed by atoms with Gasteiger partial charge in [-0.05, 0) is 12.8 Å². The van der Waals surface area contributed by atoms with E-state index in [1.54, 1.807) is 7.05 Å². The van der Waals surface area contributed by atoms with E-state index in [9.17, 15) is 15.2 Å². The zero-order valence-corrected chi connectivity index (χ0v) is 12.4. The van der Waals surface area contributed by atoms with Gasteiger partial charge in [0.15, 0.2) is 0 Å². The summed E-state index contributed by atoms with van der Waals surface area (Å²) in [6, 6.07) is 0.0149. The van der Waals surface area contributed by atoms with Crippen molar-refractivity contribution in [2.45, 2.75) is 52.2 Å². The molecule has 7 heteroatoms. The van der Waals surface area contributed by atoms with Crippen LogP contribution >= 0.6 is 0 Å². The highest BCUT2D eigenvalue weighted by atomic mass is 16.6. The van der Waals surface area contributed by atoms with Crippen LogP contribution in [0.5, 0.6) is 0 Å². The summed E-state index contributed by atoms with van der Waals surface area (Å²) >= 11 is 0. The molecule has 2 atom stereocenters. The monoisotopic (exact) mass is 282 g/mol. The number of aromatic nitrogens is 2. The van der Waals surface area contributed by atoms with Crippen LogP contribution in [0.4, 0.5) is 11.5 Å². The first kappa shape index (κ1) is 14.8. The van der Waals surface area contributed by atoms with Crippen molar-refractivity contribution in [1.82, 2.24) is 9.78 Å². The maximum atomic E-state index is 11.3. The molecule has 0 radical (unpaired) electrons. The number of aliphatic hydroxyl groups excluding tert-OH is 1.